The summed E-state index contributed by atoms with van der Waals surface area (Å²) in [7, 11) is 0. The number of hydrogen-bond acceptors (Lipinski definition) is 4. The molecule has 0 aliphatic carbocycles. The summed E-state index contributed by atoms with van der Waals surface area (Å²) in [6.07, 6.45) is 0. The van der Waals surface area contributed by atoms with E-state index < -0.39 is 0 Å². The summed E-state index contributed by atoms with van der Waals surface area (Å²) in [6, 6.07) is 66.5. The molecule has 3 heterocycles. The summed E-state index contributed by atoms with van der Waals surface area (Å²) >= 11 is 1.85. The lowest BCUT2D eigenvalue weighted by Crippen LogP contribution is -1.96. The summed E-state index contributed by atoms with van der Waals surface area (Å²) in [5.74, 6) is 0.680. The molecule has 4 heteroatoms. The number of pyridine rings is 1. The summed E-state index contributed by atoms with van der Waals surface area (Å²) in [4.78, 5) is 15.9. The van der Waals surface area contributed by atoms with E-state index in [-0.39, 0.29) is 0 Å². The van der Waals surface area contributed by atoms with Gasteiger partial charge in [-0.15, -0.1) is 11.3 Å². The number of hydrogen-bond donors (Lipinski definition) is 0. The molecule has 0 N–H and O–H groups in total. The van der Waals surface area contributed by atoms with Crippen LogP contribution in [0.1, 0.15) is 0 Å². The first-order valence-electron chi connectivity index (χ1n) is 18.5. The van der Waals surface area contributed by atoms with Gasteiger partial charge in [0.05, 0.1) is 22.6 Å². The molecule has 11 rings (SSSR count). The van der Waals surface area contributed by atoms with Crippen LogP contribution in [0.3, 0.4) is 0 Å². The van der Waals surface area contributed by atoms with E-state index in [1.54, 1.807) is 0 Å². The van der Waals surface area contributed by atoms with Crippen molar-refractivity contribution >= 4 is 64.0 Å². The molecule has 0 radical (unpaired) electrons. The maximum absolute atomic E-state index is 5.56. The van der Waals surface area contributed by atoms with Crippen LogP contribution < -0.4 is 0 Å². The van der Waals surface area contributed by atoms with Crippen molar-refractivity contribution in [2.45, 2.75) is 0 Å². The third-order valence-corrected chi connectivity index (χ3v) is 11.8. The third kappa shape index (κ3) is 5.30. The highest BCUT2D eigenvalue weighted by molar-refractivity contribution is 7.26. The predicted molar refractivity (Wildman–Crippen MR) is 232 cm³/mol. The molecular formula is C51H31N3S. The maximum atomic E-state index is 5.56. The molecule has 8 aromatic carbocycles. The van der Waals surface area contributed by atoms with Gasteiger partial charge in [0.1, 0.15) is 0 Å². The largest absolute Gasteiger partial charge is 0.247 e. The molecule has 0 fully saturated rings. The fourth-order valence-electron chi connectivity index (χ4n) is 8.11. The van der Waals surface area contributed by atoms with Crippen molar-refractivity contribution in [3.8, 4) is 56.3 Å². The van der Waals surface area contributed by atoms with Gasteiger partial charge >= 0.3 is 0 Å². The molecule has 0 amide bonds. The van der Waals surface area contributed by atoms with Crippen molar-refractivity contribution in [2.75, 3.05) is 0 Å². The quantitative estimate of drug-likeness (QED) is 0.166. The van der Waals surface area contributed by atoms with Crippen LogP contribution in [0, 0.1) is 0 Å². The van der Waals surface area contributed by atoms with Gasteiger partial charge in [0.25, 0.3) is 0 Å². The molecule has 11 aromatic rings. The zero-order valence-corrected chi connectivity index (χ0v) is 30.5. The lowest BCUT2D eigenvalue weighted by Gasteiger charge is -2.15. The first kappa shape index (κ1) is 31.5. The van der Waals surface area contributed by atoms with Crippen LogP contribution in [-0.4, -0.2) is 15.0 Å². The number of thiophene rings is 1. The van der Waals surface area contributed by atoms with Gasteiger partial charge in [-0.05, 0) is 63.0 Å². The molecule has 0 saturated heterocycles. The fraction of sp³-hybridized carbons (Fsp3) is 0. The van der Waals surface area contributed by atoms with E-state index in [0.29, 0.717) is 5.82 Å². The summed E-state index contributed by atoms with van der Waals surface area (Å²) in [5.41, 5.74) is 10.2. The molecule has 256 valence electrons. The van der Waals surface area contributed by atoms with Gasteiger partial charge in [0, 0.05) is 47.8 Å². The Morgan fingerprint density at radius 3 is 1.73 bits per heavy atom. The summed E-state index contributed by atoms with van der Waals surface area (Å²) in [5, 5.41) is 8.57. The lowest BCUT2D eigenvalue weighted by atomic mass is 9.90. The Hall–Kier alpha value is -7.01. The Morgan fingerprint density at radius 2 is 0.964 bits per heavy atom. The Kier molecular flexibility index (Phi) is 7.35. The van der Waals surface area contributed by atoms with E-state index in [2.05, 4.69) is 176 Å². The van der Waals surface area contributed by atoms with Gasteiger partial charge < -0.3 is 0 Å². The van der Waals surface area contributed by atoms with Crippen molar-refractivity contribution in [1.29, 1.82) is 0 Å². The number of aromatic nitrogens is 3. The zero-order chi connectivity index (χ0) is 36.3. The molecule has 0 spiro atoms. The predicted octanol–water partition coefficient (Wildman–Crippen LogP) is 14.0. The van der Waals surface area contributed by atoms with Crippen molar-refractivity contribution in [3.63, 3.8) is 0 Å². The second kappa shape index (κ2) is 12.8. The zero-order valence-electron chi connectivity index (χ0n) is 29.6. The topological polar surface area (TPSA) is 38.7 Å². The molecular weight excluding hydrogens is 687 g/mol. The van der Waals surface area contributed by atoms with Crippen LogP contribution in [0.15, 0.2) is 188 Å². The number of benzene rings is 8. The third-order valence-electron chi connectivity index (χ3n) is 10.7. The molecule has 0 bridgehead atoms. The van der Waals surface area contributed by atoms with Crippen LogP contribution in [0.2, 0.25) is 0 Å². The Balaban J connectivity index is 1.15. The molecule has 3 aromatic heterocycles. The van der Waals surface area contributed by atoms with Gasteiger partial charge in [0.2, 0.25) is 0 Å². The molecule has 3 nitrogen and oxygen atoms in total. The molecule has 0 atom stereocenters. The smallest absolute Gasteiger partial charge is 0.160 e. The molecule has 0 saturated carbocycles. The highest BCUT2D eigenvalue weighted by Crippen LogP contribution is 2.47. The first-order valence-corrected chi connectivity index (χ1v) is 19.3. The highest BCUT2D eigenvalue weighted by atomic mass is 32.1. The normalized spacial score (nSPS) is 11.6. The molecule has 0 aliphatic heterocycles. The van der Waals surface area contributed by atoms with Crippen molar-refractivity contribution < 1.29 is 0 Å². The number of rotatable bonds is 5. The minimum atomic E-state index is 0.680. The lowest BCUT2D eigenvalue weighted by molar-refractivity contribution is 1.18. The highest BCUT2D eigenvalue weighted by Gasteiger charge is 2.21. The molecule has 0 unspecified atom stereocenters. The van der Waals surface area contributed by atoms with Crippen LogP contribution in [-0.2, 0) is 0 Å². The monoisotopic (exact) mass is 717 g/mol. The van der Waals surface area contributed by atoms with E-state index in [1.807, 2.05) is 23.5 Å². The number of nitrogens with zero attached hydrogens (tertiary/aromatic N) is 3. The minimum absolute atomic E-state index is 0.680. The van der Waals surface area contributed by atoms with E-state index in [4.69, 9.17) is 15.0 Å². The average molecular weight is 718 g/mol. The van der Waals surface area contributed by atoms with Gasteiger partial charge in [-0.1, -0.05) is 158 Å². The first-order chi connectivity index (χ1) is 27.3. The van der Waals surface area contributed by atoms with E-state index in [9.17, 15) is 0 Å². The van der Waals surface area contributed by atoms with Gasteiger partial charge in [-0.2, -0.15) is 0 Å². The number of fused-ring (bicyclic) bond motifs is 8. The second-order valence-electron chi connectivity index (χ2n) is 13.9. The summed E-state index contributed by atoms with van der Waals surface area (Å²) in [6.45, 7) is 0. The average Bonchev–Trinajstić information content (AvgIpc) is 3.66. The SMILES string of the molecule is c1ccc(-c2cc(-c3ccccc3)nc(-c3cccc(-c4nc5cccc(-c6cc7ccccc7c7ccccc67)c5c5sc6ccccc6c45)c3)n2)cc1. The van der Waals surface area contributed by atoms with Gasteiger partial charge in [0.15, 0.2) is 5.82 Å². The van der Waals surface area contributed by atoms with Crippen LogP contribution in [0.25, 0.3) is 109 Å². The Bertz CT molecular complexity index is 3200. The van der Waals surface area contributed by atoms with E-state index in [1.165, 1.54) is 58.2 Å². The van der Waals surface area contributed by atoms with E-state index in [0.717, 1.165) is 44.9 Å². The Labute approximate surface area is 321 Å². The van der Waals surface area contributed by atoms with Crippen LogP contribution >= 0.6 is 11.3 Å². The van der Waals surface area contributed by atoms with Crippen molar-refractivity contribution in [2.24, 2.45) is 0 Å². The fourth-order valence-corrected chi connectivity index (χ4v) is 9.38. The van der Waals surface area contributed by atoms with Gasteiger partial charge in [-0.25, -0.2) is 15.0 Å². The maximum Gasteiger partial charge on any atom is 0.160 e. The van der Waals surface area contributed by atoms with Gasteiger partial charge in [-0.3, -0.25) is 0 Å². The second-order valence-corrected chi connectivity index (χ2v) is 15.0. The van der Waals surface area contributed by atoms with Crippen LogP contribution in [0.4, 0.5) is 0 Å². The molecule has 0 aliphatic rings. The standard InChI is InChI=1S/C51H31N3S/c1-3-15-32(16-4-1)44-31-45(33-17-5-2-6-18-33)54-51(53-44)36-21-13-20-35(29-36)49-48-41-25-11-12-28-46(41)55-50(48)47-40(26-14-27-43(47)52-49)42-30-34-19-7-8-22-37(34)38-23-9-10-24-39(38)42/h1-31H. The van der Waals surface area contributed by atoms with E-state index >= 15 is 0 Å². The minimum Gasteiger partial charge on any atom is -0.247 e. The van der Waals surface area contributed by atoms with Crippen LogP contribution in [0.5, 0.6) is 0 Å². The summed E-state index contributed by atoms with van der Waals surface area (Å²) < 4.78 is 2.49. The molecule has 55 heavy (non-hydrogen) atoms. The van der Waals surface area contributed by atoms with Crippen molar-refractivity contribution in [3.05, 3.63) is 188 Å². The van der Waals surface area contributed by atoms with Crippen molar-refractivity contribution in [1.82, 2.24) is 15.0 Å². The Morgan fingerprint density at radius 1 is 0.364 bits per heavy atom.